The minimum absolute atomic E-state index is 0.368. The molecule has 2 aromatic rings. The van der Waals surface area contributed by atoms with E-state index in [1.165, 1.54) is 33.1 Å². The lowest BCUT2D eigenvalue weighted by Gasteiger charge is -2.08. The molecule has 0 aliphatic heterocycles. The zero-order valence-electron chi connectivity index (χ0n) is 12.5. The molecule has 2 rings (SSSR count). The first-order chi connectivity index (χ1) is 10.7. The Kier molecular flexibility index (Phi) is 5.60. The van der Waals surface area contributed by atoms with E-state index in [2.05, 4.69) is 9.97 Å². The van der Waals surface area contributed by atoms with Crippen molar-refractivity contribution in [3.8, 4) is 11.8 Å². The Hall–Kier alpha value is -2.28. The molecule has 0 amide bonds. The van der Waals surface area contributed by atoms with Gasteiger partial charge in [-0.25, -0.2) is 4.79 Å². The summed E-state index contributed by atoms with van der Waals surface area (Å²) in [6.07, 6.45) is 0. The van der Waals surface area contributed by atoms with E-state index >= 15 is 0 Å². The van der Waals surface area contributed by atoms with Crippen LogP contribution in [-0.4, -0.2) is 37.3 Å². The van der Waals surface area contributed by atoms with Crippen LogP contribution in [0.25, 0.3) is 0 Å². The van der Waals surface area contributed by atoms with E-state index in [9.17, 15) is 4.79 Å². The molecule has 116 valence electrons. The maximum absolute atomic E-state index is 11.7. The van der Waals surface area contributed by atoms with Crippen molar-refractivity contribution >= 4 is 17.7 Å². The van der Waals surface area contributed by atoms with E-state index in [0.29, 0.717) is 28.9 Å². The van der Waals surface area contributed by atoms with Gasteiger partial charge >= 0.3 is 5.97 Å². The van der Waals surface area contributed by atoms with Gasteiger partial charge in [-0.2, -0.15) is 9.97 Å². The van der Waals surface area contributed by atoms with Gasteiger partial charge in [0.1, 0.15) is 5.82 Å². The van der Waals surface area contributed by atoms with E-state index in [0.717, 1.165) is 4.90 Å². The molecule has 0 radical (unpaired) electrons. The number of ether oxygens (including phenoxy) is 3. The molecule has 0 atom stereocenters. The minimum atomic E-state index is -0.368. The average molecular weight is 320 g/mol. The maximum atomic E-state index is 11.7. The van der Waals surface area contributed by atoms with Crippen LogP contribution < -0.4 is 9.47 Å². The molecule has 0 aliphatic rings. The summed E-state index contributed by atoms with van der Waals surface area (Å²) in [7, 11) is 4.43. The van der Waals surface area contributed by atoms with Gasteiger partial charge < -0.3 is 14.2 Å². The number of carbonyl (C=O) groups is 1. The van der Waals surface area contributed by atoms with Crippen LogP contribution in [0.3, 0.4) is 0 Å². The smallest absolute Gasteiger partial charge is 0.338 e. The van der Waals surface area contributed by atoms with Crippen LogP contribution in [0.2, 0.25) is 0 Å². The topological polar surface area (TPSA) is 70.5 Å². The highest BCUT2D eigenvalue weighted by Gasteiger charge is 2.13. The molecule has 0 saturated carbocycles. The summed E-state index contributed by atoms with van der Waals surface area (Å²) in [6.45, 7) is 0. The van der Waals surface area contributed by atoms with Gasteiger partial charge in [0.2, 0.25) is 11.8 Å². The molecule has 22 heavy (non-hydrogen) atoms. The second-order valence-corrected chi connectivity index (χ2v) is 5.16. The fraction of sp³-hybridized carbons (Fsp3) is 0.267. The summed E-state index contributed by atoms with van der Waals surface area (Å²) < 4.78 is 15.0. The molecular formula is C15H16N2O4S. The number of carbonyl (C=O) groups excluding carboxylic acids is 1. The minimum Gasteiger partial charge on any atom is -0.481 e. The van der Waals surface area contributed by atoms with Crippen LogP contribution in [0.15, 0.2) is 35.2 Å². The third-order valence-corrected chi connectivity index (χ3v) is 3.86. The number of nitrogens with zero attached hydrogens (tertiary/aromatic N) is 2. The molecular weight excluding hydrogens is 304 g/mol. The van der Waals surface area contributed by atoms with Gasteiger partial charge in [0.05, 0.1) is 38.7 Å². The fourth-order valence-corrected chi connectivity index (χ4v) is 2.63. The zero-order valence-corrected chi connectivity index (χ0v) is 13.3. The summed E-state index contributed by atoms with van der Waals surface area (Å²) >= 11 is 1.45. The fourth-order valence-electron chi connectivity index (χ4n) is 1.74. The van der Waals surface area contributed by atoms with Gasteiger partial charge in [0, 0.05) is 4.90 Å². The number of esters is 1. The molecule has 0 bridgehead atoms. The third-order valence-electron chi connectivity index (χ3n) is 2.79. The van der Waals surface area contributed by atoms with Crippen molar-refractivity contribution in [3.63, 3.8) is 0 Å². The van der Waals surface area contributed by atoms with Crippen LogP contribution in [0.4, 0.5) is 0 Å². The summed E-state index contributed by atoms with van der Waals surface area (Å²) in [5, 5.41) is 0. The average Bonchev–Trinajstić information content (AvgIpc) is 2.59. The van der Waals surface area contributed by atoms with E-state index in [1.54, 1.807) is 18.2 Å². The SMILES string of the molecule is COC(=O)c1ccccc1SCc1nc(OC)cc(OC)n1. The van der Waals surface area contributed by atoms with Gasteiger partial charge in [0.25, 0.3) is 0 Å². The summed E-state index contributed by atoms with van der Waals surface area (Å²) in [5.74, 6) is 1.53. The summed E-state index contributed by atoms with van der Waals surface area (Å²) in [4.78, 5) is 21.1. The van der Waals surface area contributed by atoms with Crippen molar-refractivity contribution in [1.29, 1.82) is 0 Å². The lowest BCUT2D eigenvalue weighted by Crippen LogP contribution is -2.03. The molecule has 7 heteroatoms. The Labute approximate surface area is 132 Å². The molecule has 0 fully saturated rings. The van der Waals surface area contributed by atoms with Gasteiger partial charge in [0.15, 0.2) is 0 Å². The van der Waals surface area contributed by atoms with Gasteiger partial charge in [-0.1, -0.05) is 12.1 Å². The largest absolute Gasteiger partial charge is 0.481 e. The first-order valence-electron chi connectivity index (χ1n) is 6.44. The third kappa shape index (κ3) is 3.88. The Morgan fingerprint density at radius 3 is 2.32 bits per heavy atom. The second-order valence-electron chi connectivity index (χ2n) is 4.15. The predicted octanol–water partition coefficient (Wildman–Crippen LogP) is 2.57. The standard InChI is InChI=1S/C15H16N2O4S/c1-19-13-8-14(20-2)17-12(16-13)9-22-11-7-5-4-6-10(11)15(18)21-3/h4-8H,9H2,1-3H3. The van der Waals surface area contributed by atoms with Crippen LogP contribution in [0, 0.1) is 0 Å². The lowest BCUT2D eigenvalue weighted by atomic mass is 10.2. The molecule has 0 unspecified atom stereocenters. The summed E-state index contributed by atoms with van der Waals surface area (Å²) in [6, 6.07) is 8.84. The van der Waals surface area contributed by atoms with Crippen molar-refractivity contribution in [2.75, 3.05) is 21.3 Å². The molecule has 0 saturated heterocycles. The number of benzene rings is 1. The van der Waals surface area contributed by atoms with Crippen molar-refractivity contribution in [1.82, 2.24) is 9.97 Å². The van der Waals surface area contributed by atoms with Crippen molar-refractivity contribution in [2.45, 2.75) is 10.6 Å². The monoisotopic (exact) mass is 320 g/mol. The number of methoxy groups -OCH3 is 3. The van der Waals surface area contributed by atoms with Crippen LogP contribution >= 0.6 is 11.8 Å². The molecule has 6 nitrogen and oxygen atoms in total. The second kappa shape index (κ2) is 7.65. The number of hydrogen-bond donors (Lipinski definition) is 0. The number of hydrogen-bond acceptors (Lipinski definition) is 7. The predicted molar refractivity (Wildman–Crippen MR) is 82.5 cm³/mol. The molecule has 1 aromatic carbocycles. The van der Waals surface area contributed by atoms with Gasteiger partial charge in [-0.15, -0.1) is 11.8 Å². The Morgan fingerprint density at radius 1 is 1.09 bits per heavy atom. The Morgan fingerprint density at radius 2 is 1.73 bits per heavy atom. The van der Waals surface area contributed by atoms with Crippen LogP contribution in [-0.2, 0) is 10.5 Å². The van der Waals surface area contributed by atoms with E-state index in [4.69, 9.17) is 14.2 Å². The number of rotatable bonds is 6. The van der Waals surface area contributed by atoms with E-state index in [1.807, 2.05) is 12.1 Å². The quantitative estimate of drug-likeness (QED) is 0.598. The Balaban J connectivity index is 2.18. The van der Waals surface area contributed by atoms with Gasteiger partial charge in [-0.05, 0) is 12.1 Å². The highest BCUT2D eigenvalue weighted by Crippen LogP contribution is 2.27. The first-order valence-corrected chi connectivity index (χ1v) is 7.42. The number of aromatic nitrogens is 2. The molecule has 1 heterocycles. The summed E-state index contributed by atoms with van der Waals surface area (Å²) in [5.41, 5.74) is 0.518. The van der Waals surface area contributed by atoms with Crippen LogP contribution in [0.5, 0.6) is 11.8 Å². The molecule has 0 aliphatic carbocycles. The van der Waals surface area contributed by atoms with Crippen molar-refractivity contribution in [3.05, 3.63) is 41.7 Å². The van der Waals surface area contributed by atoms with Crippen LogP contribution in [0.1, 0.15) is 16.2 Å². The van der Waals surface area contributed by atoms with Crippen molar-refractivity contribution < 1.29 is 19.0 Å². The first kappa shape index (κ1) is 16.1. The van der Waals surface area contributed by atoms with Crippen molar-refractivity contribution in [2.24, 2.45) is 0 Å². The van der Waals surface area contributed by atoms with E-state index in [-0.39, 0.29) is 5.97 Å². The highest BCUT2D eigenvalue weighted by atomic mass is 32.2. The Bertz CT molecular complexity index is 641. The highest BCUT2D eigenvalue weighted by molar-refractivity contribution is 7.98. The van der Waals surface area contributed by atoms with E-state index < -0.39 is 0 Å². The zero-order chi connectivity index (χ0) is 15.9. The molecule has 0 N–H and O–H groups in total. The normalized spacial score (nSPS) is 10.1. The number of thioether (sulfide) groups is 1. The molecule has 0 spiro atoms. The molecule has 1 aromatic heterocycles. The lowest BCUT2D eigenvalue weighted by molar-refractivity contribution is 0.0597. The maximum Gasteiger partial charge on any atom is 0.338 e. The van der Waals surface area contributed by atoms with Gasteiger partial charge in [-0.3, -0.25) is 0 Å².